The molecule has 2 N–H and O–H groups in total. The van der Waals surface area contributed by atoms with Crippen molar-refractivity contribution < 1.29 is 33.3 Å². The van der Waals surface area contributed by atoms with Gasteiger partial charge >= 0.3 is 0 Å². The molecule has 2 aliphatic heterocycles. The highest BCUT2D eigenvalue weighted by Gasteiger charge is 2.31. The SMILES string of the molecule is COc1cc2c(c(OC)c1OC)-c1ccc(NC(CCSC)C(=O)N3CCN(Cc4ccc5c(c4)OCO5)CC3)c(=O)cc1C(NC(C)=O)CC2. The molecule has 3 aromatic carbocycles. The van der Waals surface area contributed by atoms with Gasteiger partial charge in [0.2, 0.25) is 29.8 Å². The van der Waals surface area contributed by atoms with E-state index in [-0.39, 0.29) is 24.0 Å². The summed E-state index contributed by atoms with van der Waals surface area (Å²) in [5.74, 6) is 3.50. The molecule has 0 spiro atoms. The lowest BCUT2D eigenvalue weighted by Gasteiger charge is -2.36. The van der Waals surface area contributed by atoms with Crippen molar-refractivity contribution in [2.24, 2.45) is 0 Å². The van der Waals surface area contributed by atoms with Crippen molar-refractivity contribution in [3.05, 3.63) is 69.4 Å². The first-order chi connectivity index (χ1) is 24.7. The summed E-state index contributed by atoms with van der Waals surface area (Å²) < 4.78 is 28.2. The molecule has 13 heteroatoms. The van der Waals surface area contributed by atoms with Crippen molar-refractivity contribution in [1.29, 1.82) is 0 Å². The number of aryl methyl sites for hydroxylation is 1. The van der Waals surface area contributed by atoms with Crippen LogP contribution in [0.3, 0.4) is 0 Å². The summed E-state index contributed by atoms with van der Waals surface area (Å²) in [4.78, 5) is 44.7. The molecule has 2 amide bonds. The number of carbonyl (C=O) groups excluding carboxylic acids is 2. The van der Waals surface area contributed by atoms with Crippen molar-refractivity contribution >= 4 is 29.3 Å². The average molecular weight is 719 g/mol. The van der Waals surface area contributed by atoms with Crippen LogP contribution in [0.4, 0.5) is 5.69 Å². The predicted molar refractivity (Wildman–Crippen MR) is 198 cm³/mol. The summed E-state index contributed by atoms with van der Waals surface area (Å²) in [6.07, 6.45) is 3.71. The fourth-order valence-corrected chi connectivity index (χ4v) is 7.62. The molecule has 51 heavy (non-hydrogen) atoms. The third kappa shape index (κ3) is 7.84. The van der Waals surface area contributed by atoms with Crippen LogP contribution in [0, 0.1) is 0 Å². The zero-order valence-corrected chi connectivity index (χ0v) is 30.7. The molecule has 0 radical (unpaired) electrons. The number of amides is 2. The summed E-state index contributed by atoms with van der Waals surface area (Å²) in [5.41, 5.74) is 4.28. The Bertz CT molecular complexity index is 1830. The molecule has 12 nitrogen and oxygen atoms in total. The summed E-state index contributed by atoms with van der Waals surface area (Å²) in [7, 11) is 4.70. The van der Waals surface area contributed by atoms with Crippen molar-refractivity contribution in [2.75, 3.05) is 71.6 Å². The first kappa shape index (κ1) is 36.2. The van der Waals surface area contributed by atoms with Gasteiger partial charge in [-0.3, -0.25) is 19.3 Å². The number of carbonyl (C=O) groups is 2. The van der Waals surface area contributed by atoms with Crippen molar-refractivity contribution in [2.45, 2.75) is 44.8 Å². The zero-order valence-electron chi connectivity index (χ0n) is 29.8. The Balaban J connectivity index is 1.27. The Morgan fingerprint density at radius 2 is 1.73 bits per heavy atom. The minimum Gasteiger partial charge on any atom is -0.493 e. The maximum atomic E-state index is 14.1. The minimum atomic E-state index is -0.593. The van der Waals surface area contributed by atoms with Gasteiger partial charge in [-0.25, -0.2) is 0 Å². The van der Waals surface area contributed by atoms with Crippen molar-refractivity contribution in [1.82, 2.24) is 15.1 Å². The molecular formula is C38H46N4O8S. The van der Waals surface area contributed by atoms with E-state index in [0.29, 0.717) is 60.9 Å². The maximum absolute atomic E-state index is 14.1. The van der Waals surface area contributed by atoms with E-state index in [2.05, 4.69) is 15.5 Å². The third-order valence-corrected chi connectivity index (χ3v) is 10.3. The van der Waals surface area contributed by atoms with E-state index in [1.807, 2.05) is 41.5 Å². The van der Waals surface area contributed by atoms with Crippen molar-refractivity contribution in [3.8, 4) is 39.9 Å². The Labute approximate surface area is 302 Å². The normalized spacial score (nSPS) is 17.0. The summed E-state index contributed by atoms with van der Waals surface area (Å²) >= 11 is 1.66. The molecule has 2 unspecified atom stereocenters. The minimum absolute atomic E-state index is 0.0285. The molecule has 1 aliphatic carbocycles. The highest BCUT2D eigenvalue weighted by molar-refractivity contribution is 7.98. The smallest absolute Gasteiger partial charge is 0.245 e. The molecule has 1 fully saturated rings. The molecule has 3 aromatic rings. The molecular weight excluding hydrogens is 673 g/mol. The predicted octanol–water partition coefficient (Wildman–Crippen LogP) is 4.47. The third-order valence-electron chi connectivity index (χ3n) is 9.68. The van der Waals surface area contributed by atoms with E-state index in [4.69, 9.17) is 23.7 Å². The lowest BCUT2D eigenvalue weighted by Crippen LogP contribution is -2.52. The fraction of sp³-hybridized carbons (Fsp3) is 0.447. The van der Waals surface area contributed by atoms with E-state index < -0.39 is 12.1 Å². The van der Waals surface area contributed by atoms with E-state index in [0.717, 1.165) is 59.1 Å². The lowest BCUT2D eigenvalue weighted by molar-refractivity contribution is -0.133. The monoisotopic (exact) mass is 718 g/mol. The zero-order chi connectivity index (χ0) is 36.1. The quantitative estimate of drug-likeness (QED) is 0.276. The Hall–Kier alpha value is -4.62. The van der Waals surface area contributed by atoms with Crippen LogP contribution < -0.4 is 39.7 Å². The molecule has 0 aromatic heterocycles. The Kier molecular flexibility index (Phi) is 11.5. The Morgan fingerprint density at radius 1 is 0.961 bits per heavy atom. The number of ether oxygens (including phenoxy) is 5. The molecule has 2 atom stereocenters. The number of nitrogens with one attached hydrogen (secondary N) is 2. The van der Waals surface area contributed by atoms with Gasteiger partial charge in [0.25, 0.3) is 0 Å². The summed E-state index contributed by atoms with van der Waals surface area (Å²) in [6.45, 7) is 5.10. The number of hydrogen-bond donors (Lipinski definition) is 2. The highest BCUT2D eigenvalue weighted by atomic mass is 32.2. The number of piperazine rings is 1. The van der Waals surface area contributed by atoms with Crippen LogP contribution >= 0.6 is 11.8 Å². The largest absolute Gasteiger partial charge is 0.493 e. The summed E-state index contributed by atoms with van der Waals surface area (Å²) in [5, 5.41) is 6.39. The van der Waals surface area contributed by atoms with Crippen LogP contribution in [-0.4, -0.2) is 94.0 Å². The molecule has 0 saturated carbocycles. The number of methoxy groups -OCH3 is 3. The second kappa shape index (κ2) is 16.2. The number of benzene rings is 2. The van der Waals surface area contributed by atoms with Gasteiger partial charge in [0.15, 0.2) is 23.0 Å². The van der Waals surface area contributed by atoms with Gasteiger partial charge in [0, 0.05) is 45.2 Å². The molecule has 3 aliphatic rings. The van der Waals surface area contributed by atoms with Gasteiger partial charge in [0.1, 0.15) is 6.04 Å². The first-order valence-corrected chi connectivity index (χ1v) is 18.6. The van der Waals surface area contributed by atoms with E-state index in [1.165, 1.54) is 6.92 Å². The van der Waals surface area contributed by atoms with Crippen LogP contribution in [0.5, 0.6) is 28.7 Å². The first-order valence-electron chi connectivity index (χ1n) is 17.2. The Morgan fingerprint density at radius 3 is 2.43 bits per heavy atom. The van der Waals surface area contributed by atoms with Crippen molar-refractivity contribution in [3.63, 3.8) is 0 Å². The summed E-state index contributed by atoms with van der Waals surface area (Å²) in [6, 6.07) is 12.1. The molecule has 272 valence electrons. The number of fused-ring (bicyclic) bond motifs is 4. The van der Waals surface area contributed by atoms with Crippen LogP contribution in [0.15, 0.2) is 47.3 Å². The van der Waals surface area contributed by atoms with Gasteiger partial charge in [0.05, 0.1) is 33.1 Å². The number of rotatable bonds is 12. The van der Waals surface area contributed by atoms with Crippen LogP contribution in [0.2, 0.25) is 0 Å². The van der Waals surface area contributed by atoms with Crippen LogP contribution in [-0.2, 0) is 22.6 Å². The van der Waals surface area contributed by atoms with E-state index >= 15 is 0 Å². The molecule has 6 rings (SSSR count). The van der Waals surface area contributed by atoms with Gasteiger partial charge in [-0.05, 0) is 83.9 Å². The maximum Gasteiger partial charge on any atom is 0.245 e. The number of nitrogens with zero attached hydrogens (tertiary/aromatic N) is 2. The lowest BCUT2D eigenvalue weighted by atomic mass is 9.95. The van der Waals surface area contributed by atoms with E-state index in [1.54, 1.807) is 45.2 Å². The topological polar surface area (TPSA) is 128 Å². The molecule has 0 bridgehead atoms. The van der Waals surface area contributed by atoms with Gasteiger partial charge < -0.3 is 39.2 Å². The highest BCUT2D eigenvalue weighted by Crippen LogP contribution is 2.50. The average Bonchev–Trinajstić information content (AvgIpc) is 3.48. The van der Waals surface area contributed by atoms with Crippen LogP contribution in [0.25, 0.3) is 11.1 Å². The van der Waals surface area contributed by atoms with E-state index in [9.17, 15) is 14.4 Å². The fourth-order valence-electron chi connectivity index (χ4n) is 7.15. The standard InChI is InChI=1S/C38H46N4O8S/c1-23(43)39-28-9-7-25-19-34(46-2)36(47-3)37(48-4)35(25)26-8-10-29(31(44)20-27(26)28)40-30(12-17-51-5)38(45)42-15-13-41(14-16-42)21-24-6-11-32-33(18-24)50-22-49-32/h6,8,10-11,18-20,28,30H,7,9,12-17,21-22H2,1-5H3,(H,39,43)(H,40,44). The second-order valence-corrected chi connectivity index (χ2v) is 13.8. The molecule has 1 saturated heterocycles. The van der Waals surface area contributed by atoms with Gasteiger partial charge in [-0.2, -0.15) is 11.8 Å². The molecule has 2 heterocycles. The van der Waals surface area contributed by atoms with Crippen LogP contribution in [0.1, 0.15) is 42.5 Å². The number of hydrogen-bond acceptors (Lipinski definition) is 11. The van der Waals surface area contributed by atoms with Gasteiger partial charge in [-0.1, -0.05) is 12.1 Å². The number of thioether (sulfide) groups is 1. The van der Waals surface area contributed by atoms with Gasteiger partial charge in [-0.15, -0.1) is 0 Å². The number of anilines is 1. The second-order valence-electron chi connectivity index (χ2n) is 12.9.